The van der Waals surface area contributed by atoms with Crippen LogP contribution >= 0.6 is 11.8 Å². The van der Waals surface area contributed by atoms with E-state index in [4.69, 9.17) is 5.11 Å². The Hall–Kier alpha value is -1.12. The van der Waals surface area contributed by atoms with Crippen LogP contribution in [0.2, 0.25) is 0 Å². The Bertz CT molecular complexity index is 618. The van der Waals surface area contributed by atoms with Crippen molar-refractivity contribution in [3.05, 3.63) is 29.6 Å². The predicted octanol–water partition coefficient (Wildman–Crippen LogP) is 1.76. The molecular formula is C12H14FNO4S2. The van der Waals surface area contributed by atoms with E-state index in [1.165, 1.54) is 12.1 Å². The second-order valence-electron chi connectivity index (χ2n) is 4.45. The summed E-state index contributed by atoms with van der Waals surface area (Å²) in [4.78, 5) is 11.3. The average Bonchev–Trinajstić information content (AvgIpc) is 2.37. The third kappa shape index (κ3) is 3.94. The van der Waals surface area contributed by atoms with Crippen molar-refractivity contribution in [3.8, 4) is 0 Å². The van der Waals surface area contributed by atoms with Crippen molar-refractivity contribution in [2.24, 2.45) is 0 Å². The molecule has 1 aliphatic rings. The monoisotopic (exact) mass is 319 g/mol. The molecule has 0 aromatic heterocycles. The number of rotatable bonds is 5. The number of carboxylic acids is 1. The van der Waals surface area contributed by atoms with E-state index in [9.17, 15) is 17.6 Å². The molecule has 110 valence electrons. The van der Waals surface area contributed by atoms with E-state index in [2.05, 4.69) is 4.72 Å². The molecule has 0 bridgehead atoms. The van der Waals surface area contributed by atoms with E-state index in [0.717, 1.165) is 10.6 Å². The van der Waals surface area contributed by atoms with Crippen LogP contribution in [-0.2, 0) is 14.8 Å². The van der Waals surface area contributed by atoms with E-state index in [1.807, 2.05) is 0 Å². The fraction of sp³-hybridized carbons (Fsp3) is 0.417. The van der Waals surface area contributed by atoms with Crippen LogP contribution in [0.25, 0.3) is 0 Å². The van der Waals surface area contributed by atoms with Gasteiger partial charge in [-0.2, -0.15) is 0 Å². The van der Waals surface area contributed by atoms with Crippen molar-refractivity contribution < 1.29 is 22.7 Å². The van der Waals surface area contributed by atoms with Gasteiger partial charge in [0.25, 0.3) is 0 Å². The molecule has 0 saturated carbocycles. The van der Waals surface area contributed by atoms with Crippen LogP contribution in [0.4, 0.5) is 4.39 Å². The number of hydrogen-bond donors (Lipinski definition) is 2. The second-order valence-corrected chi connectivity index (χ2v) is 7.46. The van der Waals surface area contributed by atoms with Crippen LogP contribution in [0.1, 0.15) is 24.4 Å². The zero-order valence-corrected chi connectivity index (χ0v) is 12.1. The molecule has 2 N–H and O–H groups in total. The summed E-state index contributed by atoms with van der Waals surface area (Å²) >= 11 is 1.55. The molecule has 8 heteroatoms. The molecule has 0 aliphatic carbocycles. The first kappa shape index (κ1) is 15.3. The molecule has 1 unspecified atom stereocenters. The number of hydrogen-bond acceptors (Lipinski definition) is 4. The Labute approximate surface area is 120 Å². The van der Waals surface area contributed by atoms with Gasteiger partial charge in [-0.15, -0.1) is 11.8 Å². The highest BCUT2D eigenvalue weighted by molar-refractivity contribution is 7.99. The van der Waals surface area contributed by atoms with Crippen LogP contribution in [0.15, 0.2) is 23.1 Å². The normalized spacial score (nSPS) is 18.6. The quantitative estimate of drug-likeness (QED) is 0.864. The minimum Gasteiger partial charge on any atom is -0.481 e. The zero-order valence-electron chi connectivity index (χ0n) is 10.5. The summed E-state index contributed by atoms with van der Waals surface area (Å²) in [5, 5.41) is 8.53. The fourth-order valence-corrected chi connectivity index (χ4v) is 4.33. The third-order valence-electron chi connectivity index (χ3n) is 2.92. The molecule has 0 spiro atoms. The maximum atomic E-state index is 13.3. The molecule has 1 heterocycles. The molecule has 0 radical (unpaired) electrons. The Morgan fingerprint density at radius 1 is 1.50 bits per heavy atom. The van der Waals surface area contributed by atoms with Crippen molar-refractivity contribution in [1.82, 2.24) is 4.72 Å². The van der Waals surface area contributed by atoms with Crippen molar-refractivity contribution in [1.29, 1.82) is 0 Å². The molecular weight excluding hydrogens is 305 g/mol. The predicted molar refractivity (Wildman–Crippen MR) is 73.7 cm³/mol. The third-order valence-corrected chi connectivity index (χ3v) is 5.43. The highest BCUT2D eigenvalue weighted by Crippen LogP contribution is 2.36. The van der Waals surface area contributed by atoms with Gasteiger partial charge in [0.1, 0.15) is 5.82 Å². The van der Waals surface area contributed by atoms with Crippen LogP contribution in [0, 0.1) is 5.82 Å². The lowest BCUT2D eigenvalue weighted by Gasteiger charge is -2.25. The molecule has 5 nitrogen and oxygen atoms in total. The van der Waals surface area contributed by atoms with Crippen molar-refractivity contribution in [2.45, 2.75) is 23.8 Å². The summed E-state index contributed by atoms with van der Waals surface area (Å²) < 4.78 is 39.4. The van der Waals surface area contributed by atoms with Crippen molar-refractivity contribution >= 4 is 27.8 Å². The van der Waals surface area contributed by atoms with E-state index >= 15 is 0 Å². The molecule has 0 fully saturated rings. The molecule has 0 amide bonds. The number of nitrogens with one attached hydrogen (secondary N) is 1. The maximum Gasteiger partial charge on any atom is 0.304 e. The Balaban J connectivity index is 2.15. The minimum atomic E-state index is -3.69. The van der Waals surface area contributed by atoms with Gasteiger partial charge in [-0.3, -0.25) is 4.79 Å². The summed E-state index contributed by atoms with van der Waals surface area (Å²) in [6.45, 7) is 0. The summed E-state index contributed by atoms with van der Waals surface area (Å²) in [6, 6.07) is 3.80. The number of fused-ring (bicyclic) bond motifs is 1. The van der Waals surface area contributed by atoms with Crippen LogP contribution in [0.3, 0.4) is 0 Å². The fourth-order valence-electron chi connectivity index (χ4n) is 1.99. The topological polar surface area (TPSA) is 83.5 Å². The van der Waals surface area contributed by atoms with E-state index < -0.39 is 40.0 Å². The number of aliphatic carboxylic acids is 1. The first-order valence-electron chi connectivity index (χ1n) is 6.01. The smallest absolute Gasteiger partial charge is 0.304 e. The second kappa shape index (κ2) is 6.11. The van der Waals surface area contributed by atoms with Gasteiger partial charge in [-0.05, 0) is 35.9 Å². The summed E-state index contributed by atoms with van der Waals surface area (Å²) in [5.74, 6) is -1.33. The van der Waals surface area contributed by atoms with Gasteiger partial charge in [-0.25, -0.2) is 17.5 Å². The van der Waals surface area contributed by atoms with Gasteiger partial charge in [0, 0.05) is 10.9 Å². The summed E-state index contributed by atoms with van der Waals surface area (Å²) in [6.07, 6.45) is 0.0975. The molecule has 2 rings (SSSR count). The molecule has 1 aromatic rings. The van der Waals surface area contributed by atoms with Crippen LogP contribution in [0.5, 0.6) is 0 Å². The van der Waals surface area contributed by atoms with Crippen molar-refractivity contribution in [2.75, 3.05) is 11.5 Å². The van der Waals surface area contributed by atoms with Gasteiger partial charge in [0.05, 0.1) is 12.2 Å². The first-order valence-corrected chi connectivity index (χ1v) is 8.65. The standard InChI is InChI=1S/C12H14FNO4S2/c13-8-1-2-11-9(7-8)10(3-5-19-11)14-20(17,18)6-4-12(15)16/h1-2,7,10,14H,3-6H2,(H,15,16). The van der Waals surface area contributed by atoms with Gasteiger partial charge in [0.2, 0.25) is 10.0 Å². The maximum absolute atomic E-state index is 13.3. The van der Waals surface area contributed by atoms with Gasteiger partial charge in [0.15, 0.2) is 0 Å². The highest BCUT2D eigenvalue weighted by Gasteiger charge is 2.25. The first-order chi connectivity index (χ1) is 9.37. The highest BCUT2D eigenvalue weighted by atomic mass is 32.2. The minimum absolute atomic E-state index is 0.416. The van der Waals surface area contributed by atoms with E-state index in [-0.39, 0.29) is 0 Å². The van der Waals surface area contributed by atoms with E-state index in [0.29, 0.717) is 12.0 Å². The average molecular weight is 319 g/mol. The summed E-state index contributed by atoms with van der Waals surface area (Å²) in [5.41, 5.74) is 0.611. The Kier molecular flexibility index (Phi) is 4.66. The van der Waals surface area contributed by atoms with Gasteiger partial charge < -0.3 is 5.11 Å². The molecule has 1 aromatic carbocycles. The number of carboxylic acid groups (broad SMARTS) is 1. The largest absolute Gasteiger partial charge is 0.481 e. The van der Waals surface area contributed by atoms with Gasteiger partial charge >= 0.3 is 5.97 Å². The lowest BCUT2D eigenvalue weighted by molar-refractivity contribution is -0.136. The van der Waals surface area contributed by atoms with E-state index in [1.54, 1.807) is 17.8 Å². The lowest BCUT2D eigenvalue weighted by atomic mass is 10.0. The Morgan fingerprint density at radius 3 is 2.95 bits per heavy atom. The summed E-state index contributed by atoms with van der Waals surface area (Å²) in [7, 11) is -3.69. The number of halogens is 1. The zero-order chi connectivity index (χ0) is 14.8. The molecule has 20 heavy (non-hydrogen) atoms. The molecule has 1 atom stereocenters. The van der Waals surface area contributed by atoms with Crippen LogP contribution < -0.4 is 4.72 Å². The SMILES string of the molecule is O=C(O)CCS(=O)(=O)NC1CCSc2ccc(F)cc21. The lowest BCUT2D eigenvalue weighted by Crippen LogP contribution is -2.33. The van der Waals surface area contributed by atoms with Crippen LogP contribution in [-0.4, -0.2) is 31.0 Å². The van der Waals surface area contributed by atoms with Crippen molar-refractivity contribution in [3.63, 3.8) is 0 Å². The van der Waals surface area contributed by atoms with Gasteiger partial charge in [-0.1, -0.05) is 0 Å². The number of benzene rings is 1. The number of sulfonamides is 1. The number of thioether (sulfide) groups is 1. The Morgan fingerprint density at radius 2 is 2.25 bits per heavy atom. The molecule has 0 saturated heterocycles. The number of carbonyl (C=O) groups is 1. The molecule has 1 aliphatic heterocycles.